The predicted molar refractivity (Wildman–Crippen MR) is 69.6 cm³/mol. The van der Waals surface area contributed by atoms with E-state index in [0.29, 0.717) is 0 Å². The van der Waals surface area contributed by atoms with E-state index < -0.39 is 0 Å². The zero-order valence-corrected chi connectivity index (χ0v) is 11.3. The first-order valence-corrected chi connectivity index (χ1v) is 6.66. The minimum atomic E-state index is -0.0765. The van der Waals surface area contributed by atoms with E-state index in [1.54, 1.807) is 17.6 Å². The normalized spacial score (nSPS) is 13.0. The number of halogens is 1. The summed E-state index contributed by atoms with van der Waals surface area (Å²) in [5.74, 6) is 0.991. The summed E-state index contributed by atoms with van der Waals surface area (Å²) in [7, 11) is 0. The maximum atomic E-state index is 6.53. The van der Waals surface area contributed by atoms with Gasteiger partial charge in [0.2, 0.25) is 0 Å². The molecule has 16 heavy (non-hydrogen) atoms. The molecule has 0 aliphatic carbocycles. The Labute approximate surface area is 105 Å². The average Bonchev–Trinajstić information content (AvgIpc) is 2.83. The van der Waals surface area contributed by atoms with Crippen LogP contribution in [0, 0.1) is 13.8 Å². The number of hydrogen-bond donors (Lipinski definition) is 0. The van der Waals surface area contributed by atoms with Crippen LogP contribution in [0.4, 0.5) is 0 Å². The Morgan fingerprint density at radius 1 is 1.44 bits per heavy atom. The van der Waals surface area contributed by atoms with E-state index in [-0.39, 0.29) is 5.38 Å². The van der Waals surface area contributed by atoms with Crippen molar-refractivity contribution in [3.63, 3.8) is 0 Å². The van der Waals surface area contributed by atoms with Crippen LogP contribution >= 0.6 is 22.9 Å². The van der Waals surface area contributed by atoms with Gasteiger partial charge in [-0.25, -0.2) is 0 Å². The lowest BCUT2D eigenvalue weighted by Gasteiger charge is -2.08. The molecule has 86 valence electrons. The van der Waals surface area contributed by atoms with Crippen molar-refractivity contribution in [3.8, 4) is 0 Å². The van der Waals surface area contributed by atoms with Crippen molar-refractivity contribution < 1.29 is 4.42 Å². The molecule has 0 saturated heterocycles. The minimum Gasteiger partial charge on any atom is -0.469 e. The lowest BCUT2D eigenvalue weighted by atomic mass is 10.1. The SMILES string of the molecule is CCc1occc1C(Cl)c1sc(C)cc1C. The van der Waals surface area contributed by atoms with Gasteiger partial charge in [-0.2, -0.15) is 0 Å². The molecule has 1 atom stereocenters. The van der Waals surface area contributed by atoms with Crippen molar-refractivity contribution >= 4 is 22.9 Å². The topological polar surface area (TPSA) is 13.1 Å². The Balaban J connectivity index is 2.38. The first-order valence-electron chi connectivity index (χ1n) is 5.40. The molecule has 0 aromatic carbocycles. The van der Waals surface area contributed by atoms with Crippen molar-refractivity contribution in [3.05, 3.63) is 45.0 Å². The second kappa shape index (κ2) is 4.64. The standard InChI is InChI=1S/C13H15ClOS/c1-4-11-10(5-6-15-11)12(14)13-8(2)7-9(3)16-13/h5-7,12H,4H2,1-3H3. The monoisotopic (exact) mass is 254 g/mol. The molecular weight excluding hydrogens is 240 g/mol. The maximum absolute atomic E-state index is 6.53. The van der Waals surface area contributed by atoms with E-state index in [0.717, 1.165) is 17.7 Å². The lowest BCUT2D eigenvalue weighted by Crippen LogP contribution is -1.94. The number of aryl methyl sites for hydroxylation is 3. The van der Waals surface area contributed by atoms with Gasteiger partial charge in [0.1, 0.15) is 5.76 Å². The molecule has 0 spiro atoms. The van der Waals surface area contributed by atoms with E-state index in [4.69, 9.17) is 16.0 Å². The third-order valence-electron chi connectivity index (χ3n) is 2.68. The zero-order chi connectivity index (χ0) is 11.7. The summed E-state index contributed by atoms with van der Waals surface area (Å²) in [6.07, 6.45) is 2.61. The Morgan fingerprint density at radius 3 is 2.75 bits per heavy atom. The van der Waals surface area contributed by atoms with Crippen LogP contribution in [-0.2, 0) is 6.42 Å². The van der Waals surface area contributed by atoms with Crippen LogP contribution in [0.3, 0.4) is 0 Å². The fraction of sp³-hybridized carbons (Fsp3) is 0.385. The molecule has 0 radical (unpaired) electrons. The second-order valence-corrected chi connectivity index (χ2v) is 5.64. The van der Waals surface area contributed by atoms with Crippen LogP contribution in [0.1, 0.15) is 38.9 Å². The van der Waals surface area contributed by atoms with Gasteiger partial charge in [0.25, 0.3) is 0 Å². The molecule has 3 heteroatoms. The van der Waals surface area contributed by atoms with Gasteiger partial charge in [0, 0.05) is 21.7 Å². The molecule has 0 aliphatic heterocycles. The highest BCUT2D eigenvalue weighted by Gasteiger charge is 2.20. The summed E-state index contributed by atoms with van der Waals surface area (Å²) in [5, 5.41) is -0.0765. The van der Waals surface area contributed by atoms with E-state index in [1.165, 1.54) is 15.3 Å². The van der Waals surface area contributed by atoms with Gasteiger partial charge < -0.3 is 4.42 Å². The van der Waals surface area contributed by atoms with Crippen LogP contribution in [0.25, 0.3) is 0 Å². The van der Waals surface area contributed by atoms with Crippen LogP contribution in [0.5, 0.6) is 0 Å². The zero-order valence-electron chi connectivity index (χ0n) is 9.71. The summed E-state index contributed by atoms with van der Waals surface area (Å²) >= 11 is 8.29. The van der Waals surface area contributed by atoms with Crippen LogP contribution < -0.4 is 0 Å². The first-order chi connectivity index (χ1) is 7.63. The quantitative estimate of drug-likeness (QED) is 0.714. The fourth-order valence-corrected chi connectivity index (χ4v) is 3.45. The lowest BCUT2D eigenvalue weighted by molar-refractivity contribution is 0.512. The van der Waals surface area contributed by atoms with Gasteiger partial charge in [-0.05, 0) is 31.5 Å². The van der Waals surface area contributed by atoms with Crippen LogP contribution in [0.15, 0.2) is 22.8 Å². The van der Waals surface area contributed by atoms with Gasteiger partial charge in [-0.15, -0.1) is 22.9 Å². The molecule has 0 fully saturated rings. The molecule has 0 N–H and O–H groups in total. The molecular formula is C13H15ClOS. The fourth-order valence-electron chi connectivity index (χ4n) is 1.92. The summed E-state index contributed by atoms with van der Waals surface area (Å²) in [4.78, 5) is 2.54. The Hall–Kier alpha value is -0.730. The molecule has 0 amide bonds. The second-order valence-electron chi connectivity index (χ2n) is 3.92. The Morgan fingerprint density at radius 2 is 2.19 bits per heavy atom. The van der Waals surface area contributed by atoms with Gasteiger partial charge in [0.15, 0.2) is 0 Å². The average molecular weight is 255 g/mol. The summed E-state index contributed by atoms with van der Waals surface area (Å²) in [5.41, 5.74) is 2.37. The number of furan rings is 1. The van der Waals surface area contributed by atoms with Crippen molar-refractivity contribution in [1.29, 1.82) is 0 Å². The molecule has 1 nitrogen and oxygen atoms in total. The van der Waals surface area contributed by atoms with Crippen LogP contribution in [0.2, 0.25) is 0 Å². The third kappa shape index (κ3) is 2.04. The summed E-state index contributed by atoms with van der Waals surface area (Å²) in [6.45, 7) is 6.30. The first kappa shape index (κ1) is 11.7. The minimum absolute atomic E-state index is 0.0765. The van der Waals surface area contributed by atoms with E-state index in [2.05, 4.69) is 26.8 Å². The molecule has 2 aromatic rings. The van der Waals surface area contributed by atoms with Gasteiger partial charge >= 0.3 is 0 Å². The highest BCUT2D eigenvalue weighted by molar-refractivity contribution is 7.12. The number of thiophene rings is 1. The van der Waals surface area contributed by atoms with Gasteiger partial charge in [-0.1, -0.05) is 6.92 Å². The molecule has 2 rings (SSSR count). The van der Waals surface area contributed by atoms with E-state index in [1.807, 2.05) is 6.07 Å². The summed E-state index contributed by atoms with van der Waals surface area (Å²) in [6, 6.07) is 4.16. The predicted octanol–water partition coefficient (Wildman–Crippen LogP) is 4.85. The van der Waals surface area contributed by atoms with Gasteiger partial charge in [0.05, 0.1) is 11.6 Å². The van der Waals surface area contributed by atoms with Crippen molar-refractivity contribution in [1.82, 2.24) is 0 Å². The van der Waals surface area contributed by atoms with E-state index in [9.17, 15) is 0 Å². The molecule has 0 aliphatic rings. The van der Waals surface area contributed by atoms with E-state index >= 15 is 0 Å². The number of hydrogen-bond acceptors (Lipinski definition) is 2. The molecule has 2 heterocycles. The number of rotatable bonds is 3. The van der Waals surface area contributed by atoms with Crippen molar-refractivity contribution in [2.24, 2.45) is 0 Å². The van der Waals surface area contributed by atoms with Gasteiger partial charge in [-0.3, -0.25) is 0 Å². The molecule has 0 saturated carbocycles. The third-order valence-corrected chi connectivity index (χ3v) is 4.48. The number of alkyl halides is 1. The molecule has 1 unspecified atom stereocenters. The van der Waals surface area contributed by atoms with Crippen LogP contribution in [-0.4, -0.2) is 0 Å². The largest absolute Gasteiger partial charge is 0.469 e. The Bertz CT molecular complexity index is 484. The van der Waals surface area contributed by atoms with Crippen molar-refractivity contribution in [2.45, 2.75) is 32.6 Å². The highest BCUT2D eigenvalue weighted by Crippen LogP contribution is 2.38. The highest BCUT2D eigenvalue weighted by atomic mass is 35.5. The molecule has 0 bridgehead atoms. The summed E-state index contributed by atoms with van der Waals surface area (Å²) < 4.78 is 5.42. The molecule has 2 aromatic heterocycles. The smallest absolute Gasteiger partial charge is 0.108 e. The van der Waals surface area contributed by atoms with Crippen molar-refractivity contribution in [2.75, 3.05) is 0 Å². The Kier molecular flexibility index (Phi) is 3.41. The maximum Gasteiger partial charge on any atom is 0.108 e.